The number of carbonyl (C=O) groups is 1. The Morgan fingerprint density at radius 1 is 0.909 bits per heavy atom. The highest BCUT2D eigenvalue weighted by atomic mass is 16.5. The van der Waals surface area contributed by atoms with Crippen LogP contribution >= 0.6 is 0 Å². The quantitative estimate of drug-likeness (QED) is 0.530. The molecule has 8 nitrogen and oxygen atoms in total. The monoisotopic (exact) mass is 453 g/mol. The van der Waals surface area contributed by atoms with Gasteiger partial charge in [-0.2, -0.15) is 0 Å². The molecule has 8 heteroatoms. The second-order valence-electron chi connectivity index (χ2n) is 7.91. The zero-order valence-corrected chi connectivity index (χ0v) is 19.4. The Balaban J connectivity index is 1.62. The van der Waals surface area contributed by atoms with Crippen LogP contribution in [0.1, 0.15) is 22.3 Å². The fraction of sp³-hybridized carbons (Fsp3) is 0.360. The molecule has 0 aliphatic carbocycles. The number of ether oxygens (including phenoxy) is 4. The lowest BCUT2D eigenvalue weighted by molar-refractivity contribution is -0.131. The molecule has 2 aromatic carbocycles. The van der Waals surface area contributed by atoms with Gasteiger partial charge in [0, 0.05) is 24.5 Å². The molecule has 1 amide bonds. The van der Waals surface area contributed by atoms with E-state index in [9.17, 15) is 9.59 Å². The molecule has 0 saturated carbocycles. The van der Waals surface area contributed by atoms with Crippen LogP contribution in [0.3, 0.4) is 0 Å². The van der Waals surface area contributed by atoms with Gasteiger partial charge < -0.3 is 28.3 Å². The summed E-state index contributed by atoms with van der Waals surface area (Å²) in [5, 5.41) is 0.705. The van der Waals surface area contributed by atoms with Gasteiger partial charge in [-0.05, 0) is 48.2 Å². The molecule has 0 fully saturated rings. The van der Waals surface area contributed by atoms with Gasteiger partial charge in [-0.25, -0.2) is 4.79 Å². The number of rotatable bonds is 6. The maximum absolute atomic E-state index is 13.2. The fourth-order valence-electron chi connectivity index (χ4n) is 4.28. The summed E-state index contributed by atoms with van der Waals surface area (Å²) in [6.45, 7) is 2.82. The van der Waals surface area contributed by atoms with Gasteiger partial charge in [0.05, 0.1) is 40.4 Å². The molecule has 4 rings (SSSR count). The van der Waals surface area contributed by atoms with Gasteiger partial charge in [-0.1, -0.05) is 0 Å². The predicted octanol–water partition coefficient (Wildman–Crippen LogP) is 3.26. The standard InChI is InChI=1S/C25H27NO7/c1-14-17-10-22(31-4)23(32-5)12-19(17)33-25(28)18(14)11-24(27)26-7-6-15-8-20(29-2)21(30-3)9-16(15)13-26/h8-10,12H,6-7,11,13H2,1-5H3. The molecular weight excluding hydrogens is 426 g/mol. The van der Waals surface area contributed by atoms with Crippen LogP contribution < -0.4 is 24.6 Å². The molecule has 0 N–H and O–H groups in total. The van der Waals surface area contributed by atoms with E-state index in [4.69, 9.17) is 23.4 Å². The highest BCUT2D eigenvalue weighted by Gasteiger charge is 2.25. The van der Waals surface area contributed by atoms with Gasteiger partial charge in [0.15, 0.2) is 23.0 Å². The van der Waals surface area contributed by atoms with E-state index in [0.717, 1.165) is 11.1 Å². The molecular formula is C25H27NO7. The minimum absolute atomic E-state index is 0.0406. The lowest BCUT2D eigenvalue weighted by atomic mass is 9.97. The molecule has 1 aromatic heterocycles. The highest BCUT2D eigenvalue weighted by Crippen LogP contribution is 2.35. The molecule has 0 saturated heterocycles. The Bertz CT molecular complexity index is 1280. The Hall–Kier alpha value is -3.68. The SMILES string of the molecule is COc1cc2c(cc1OC)CN(C(=O)Cc1c(C)c3cc(OC)c(OC)cc3oc1=O)CC2. The van der Waals surface area contributed by atoms with Crippen molar-refractivity contribution in [2.75, 3.05) is 35.0 Å². The Labute approximate surface area is 191 Å². The summed E-state index contributed by atoms with van der Waals surface area (Å²) in [5.41, 5.74) is 3.03. The molecule has 2 heterocycles. The Morgan fingerprint density at radius 2 is 1.48 bits per heavy atom. The zero-order valence-electron chi connectivity index (χ0n) is 19.4. The van der Waals surface area contributed by atoms with E-state index in [1.165, 1.54) is 7.11 Å². The maximum Gasteiger partial charge on any atom is 0.340 e. The molecule has 0 atom stereocenters. The van der Waals surface area contributed by atoms with Crippen molar-refractivity contribution >= 4 is 16.9 Å². The Kier molecular flexibility index (Phi) is 6.18. The molecule has 0 bridgehead atoms. The van der Waals surface area contributed by atoms with Crippen molar-refractivity contribution in [3.05, 3.63) is 56.9 Å². The van der Waals surface area contributed by atoms with E-state index >= 15 is 0 Å². The number of fused-ring (bicyclic) bond motifs is 2. The van der Waals surface area contributed by atoms with Crippen LogP contribution in [0.4, 0.5) is 0 Å². The normalized spacial score (nSPS) is 12.9. The number of hydrogen-bond donors (Lipinski definition) is 0. The van der Waals surface area contributed by atoms with Crippen LogP contribution in [0.5, 0.6) is 23.0 Å². The number of benzene rings is 2. The van der Waals surface area contributed by atoms with Crippen molar-refractivity contribution in [1.82, 2.24) is 4.90 Å². The van der Waals surface area contributed by atoms with E-state index in [2.05, 4.69) is 0 Å². The number of hydrogen-bond acceptors (Lipinski definition) is 7. The fourth-order valence-corrected chi connectivity index (χ4v) is 4.28. The molecule has 0 unspecified atom stereocenters. The van der Waals surface area contributed by atoms with Crippen LogP contribution in [0, 0.1) is 6.92 Å². The maximum atomic E-state index is 13.2. The summed E-state index contributed by atoms with van der Waals surface area (Å²) in [6, 6.07) is 7.25. The van der Waals surface area contributed by atoms with Crippen molar-refractivity contribution in [1.29, 1.82) is 0 Å². The van der Waals surface area contributed by atoms with Gasteiger partial charge >= 0.3 is 5.63 Å². The second-order valence-corrected chi connectivity index (χ2v) is 7.91. The van der Waals surface area contributed by atoms with Crippen LogP contribution in [0.2, 0.25) is 0 Å². The van der Waals surface area contributed by atoms with E-state index in [-0.39, 0.29) is 12.3 Å². The summed E-state index contributed by atoms with van der Waals surface area (Å²) in [7, 11) is 6.25. The zero-order chi connectivity index (χ0) is 23.7. The number of amides is 1. The molecule has 174 valence electrons. The summed E-state index contributed by atoms with van der Waals surface area (Å²) in [5.74, 6) is 2.16. The van der Waals surface area contributed by atoms with Crippen molar-refractivity contribution in [2.45, 2.75) is 26.3 Å². The highest BCUT2D eigenvalue weighted by molar-refractivity contribution is 5.87. The van der Waals surface area contributed by atoms with Crippen LogP contribution in [0.25, 0.3) is 11.0 Å². The summed E-state index contributed by atoms with van der Waals surface area (Å²) in [6.07, 6.45) is 0.658. The van der Waals surface area contributed by atoms with E-state index in [1.54, 1.807) is 38.4 Å². The number of methoxy groups -OCH3 is 4. The van der Waals surface area contributed by atoms with Crippen molar-refractivity contribution in [3.63, 3.8) is 0 Å². The van der Waals surface area contributed by atoms with Gasteiger partial charge in [0.25, 0.3) is 0 Å². The van der Waals surface area contributed by atoms with E-state index in [0.29, 0.717) is 64.6 Å². The molecule has 1 aliphatic heterocycles. The average molecular weight is 453 g/mol. The lowest BCUT2D eigenvalue weighted by Gasteiger charge is -2.29. The summed E-state index contributed by atoms with van der Waals surface area (Å²) in [4.78, 5) is 27.7. The first-order valence-electron chi connectivity index (χ1n) is 10.6. The molecule has 33 heavy (non-hydrogen) atoms. The third kappa shape index (κ3) is 4.08. The first kappa shape index (κ1) is 22.5. The lowest BCUT2D eigenvalue weighted by Crippen LogP contribution is -2.37. The van der Waals surface area contributed by atoms with E-state index in [1.807, 2.05) is 19.1 Å². The first-order chi connectivity index (χ1) is 15.9. The number of aryl methyl sites for hydroxylation is 1. The topological polar surface area (TPSA) is 87.4 Å². The largest absolute Gasteiger partial charge is 0.493 e. The van der Waals surface area contributed by atoms with Crippen molar-refractivity contribution in [2.24, 2.45) is 0 Å². The van der Waals surface area contributed by atoms with Crippen LogP contribution in [0.15, 0.2) is 33.5 Å². The number of nitrogens with zero attached hydrogens (tertiary/aromatic N) is 1. The van der Waals surface area contributed by atoms with Gasteiger partial charge in [-0.15, -0.1) is 0 Å². The second kappa shape index (κ2) is 9.05. The predicted molar refractivity (Wildman–Crippen MR) is 123 cm³/mol. The smallest absolute Gasteiger partial charge is 0.340 e. The molecule has 0 spiro atoms. The van der Waals surface area contributed by atoms with E-state index < -0.39 is 5.63 Å². The van der Waals surface area contributed by atoms with Gasteiger partial charge in [0.2, 0.25) is 5.91 Å². The molecule has 3 aromatic rings. The van der Waals surface area contributed by atoms with Crippen molar-refractivity contribution in [3.8, 4) is 23.0 Å². The molecule has 1 aliphatic rings. The van der Waals surface area contributed by atoms with Gasteiger partial charge in [0.1, 0.15) is 5.58 Å². The minimum Gasteiger partial charge on any atom is -0.493 e. The van der Waals surface area contributed by atoms with Gasteiger partial charge in [-0.3, -0.25) is 4.79 Å². The number of carbonyl (C=O) groups excluding carboxylic acids is 1. The molecule has 0 radical (unpaired) electrons. The average Bonchev–Trinajstić information content (AvgIpc) is 2.84. The Morgan fingerprint density at radius 3 is 2.12 bits per heavy atom. The summed E-state index contributed by atoms with van der Waals surface area (Å²) >= 11 is 0. The first-order valence-corrected chi connectivity index (χ1v) is 10.6. The third-order valence-electron chi connectivity index (χ3n) is 6.19. The van der Waals surface area contributed by atoms with Crippen LogP contribution in [-0.4, -0.2) is 45.8 Å². The van der Waals surface area contributed by atoms with Crippen molar-refractivity contribution < 1.29 is 28.2 Å². The van der Waals surface area contributed by atoms with Crippen LogP contribution in [-0.2, 0) is 24.2 Å². The summed E-state index contributed by atoms with van der Waals surface area (Å²) < 4.78 is 27.0. The third-order valence-corrected chi connectivity index (χ3v) is 6.19. The minimum atomic E-state index is -0.524.